The van der Waals surface area contributed by atoms with E-state index < -0.39 is 23.4 Å². The van der Waals surface area contributed by atoms with Crippen LogP contribution in [0.3, 0.4) is 0 Å². The Labute approximate surface area is 190 Å². The van der Waals surface area contributed by atoms with Gasteiger partial charge in [-0.3, -0.25) is 14.5 Å². The molecule has 0 saturated carbocycles. The number of rotatable bonds is 7. The Morgan fingerprint density at radius 3 is 2.36 bits per heavy atom. The SMILES string of the molecule is CC1(c2cccc(C(N)=O)c2)NC(=O)N(Cc2ccc(OCc3ccc(F)cc3)cc2)C1=O. The van der Waals surface area contributed by atoms with E-state index in [0.717, 1.165) is 16.0 Å². The molecule has 3 N–H and O–H groups in total. The zero-order valence-electron chi connectivity index (χ0n) is 17.9. The highest BCUT2D eigenvalue weighted by atomic mass is 19.1. The number of carbonyl (C=O) groups excluding carboxylic acids is 3. The van der Waals surface area contributed by atoms with Crippen LogP contribution >= 0.6 is 0 Å². The summed E-state index contributed by atoms with van der Waals surface area (Å²) in [4.78, 5) is 38.4. The maximum Gasteiger partial charge on any atom is 0.325 e. The summed E-state index contributed by atoms with van der Waals surface area (Å²) in [6.45, 7) is 1.96. The third-order valence-electron chi connectivity index (χ3n) is 5.58. The van der Waals surface area contributed by atoms with Crippen molar-refractivity contribution in [2.45, 2.75) is 25.6 Å². The minimum atomic E-state index is -1.30. The number of halogens is 1. The van der Waals surface area contributed by atoms with E-state index in [-0.39, 0.29) is 24.5 Å². The lowest BCUT2D eigenvalue weighted by Crippen LogP contribution is -2.41. The van der Waals surface area contributed by atoms with Crippen LogP contribution in [0.4, 0.5) is 9.18 Å². The minimum absolute atomic E-state index is 0.0774. The van der Waals surface area contributed by atoms with E-state index >= 15 is 0 Å². The van der Waals surface area contributed by atoms with Crippen LogP contribution in [0, 0.1) is 5.82 Å². The molecule has 0 radical (unpaired) electrons. The van der Waals surface area contributed by atoms with Crippen molar-refractivity contribution in [3.05, 3.63) is 101 Å². The fraction of sp³-hybridized carbons (Fsp3) is 0.160. The molecule has 0 aliphatic carbocycles. The predicted octanol–water partition coefficient (Wildman–Crippen LogP) is 3.47. The van der Waals surface area contributed by atoms with Gasteiger partial charge in [0.05, 0.1) is 6.54 Å². The molecule has 1 atom stereocenters. The van der Waals surface area contributed by atoms with Crippen LogP contribution in [0.2, 0.25) is 0 Å². The van der Waals surface area contributed by atoms with Crippen molar-refractivity contribution in [3.8, 4) is 5.75 Å². The Morgan fingerprint density at radius 2 is 1.70 bits per heavy atom. The van der Waals surface area contributed by atoms with Gasteiger partial charge in [-0.05, 0) is 60.0 Å². The van der Waals surface area contributed by atoms with E-state index in [0.29, 0.717) is 11.3 Å². The molecule has 1 fully saturated rings. The maximum absolute atomic E-state index is 13.1. The average molecular weight is 447 g/mol. The molecule has 1 heterocycles. The van der Waals surface area contributed by atoms with Gasteiger partial charge in [-0.25, -0.2) is 9.18 Å². The first-order valence-electron chi connectivity index (χ1n) is 10.3. The highest BCUT2D eigenvalue weighted by Gasteiger charge is 2.49. The molecule has 1 aliphatic rings. The highest BCUT2D eigenvalue weighted by Crippen LogP contribution is 2.30. The van der Waals surface area contributed by atoms with Gasteiger partial charge in [0.15, 0.2) is 0 Å². The molecule has 1 unspecified atom stereocenters. The van der Waals surface area contributed by atoms with Gasteiger partial charge < -0.3 is 15.8 Å². The zero-order valence-corrected chi connectivity index (χ0v) is 17.9. The Kier molecular flexibility index (Phi) is 5.83. The fourth-order valence-corrected chi connectivity index (χ4v) is 3.64. The summed E-state index contributed by atoms with van der Waals surface area (Å²) >= 11 is 0. The fourth-order valence-electron chi connectivity index (χ4n) is 3.64. The normalized spacial score (nSPS) is 17.7. The molecule has 0 spiro atoms. The third kappa shape index (κ3) is 4.55. The quantitative estimate of drug-likeness (QED) is 0.542. The number of amides is 4. The number of hydrogen-bond donors (Lipinski definition) is 2. The van der Waals surface area contributed by atoms with Crippen molar-refractivity contribution in [3.63, 3.8) is 0 Å². The van der Waals surface area contributed by atoms with Crippen LogP contribution < -0.4 is 15.8 Å². The summed E-state index contributed by atoms with van der Waals surface area (Å²) in [6, 6.07) is 18.9. The zero-order chi connectivity index (χ0) is 23.6. The number of urea groups is 1. The van der Waals surface area contributed by atoms with Crippen molar-refractivity contribution in [1.29, 1.82) is 0 Å². The van der Waals surface area contributed by atoms with Crippen molar-refractivity contribution in [2.24, 2.45) is 5.73 Å². The molecule has 4 rings (SSSR count). The largest absolute Gasteiger partial charge is 0.489 e. The van der Waals surface area contributed by atoms with Crippen LogP contribution in [0.5, 0.6) is 5.75 Å². The Morgan fingerprint density at radius 1 is 1.03 bits per heavy atom. The number of nitrogens with zero attached hydrogens (tertiary/aromatic N) is 1. The lowest BCUT2D eigenvalue weighted by atomic mass is 9.90. The van der Waals surface area contributed by atoms with Crippen LogP contribution in [-0.4, -0.2) is 22.7 Å². The lowest BCUT2D eigenvalue weighted by Gasteiger charge is -2.22. The topological polar surface area (TPSA) is 102 Å². The molecular formula is C25H22FN3O4. The second-order valence-corrected chi connectivity index (χ2v) is 7.95. The van der Waals surface area contributed by atoms with Gasteiger partial charge in [-0.1, -0.05) is 36.4 Å². The number of imide groups is 1. The van der Waals surface area contributed by atoms with Crippen LogP contribution in [0.1, 0.15) is 34.0 Å². The van der Waals surface area contributed by atoms with Crippen LogP contribution in [0.25, 0.3) is 0 Å². The number of hydrogen-bond acceptors (Lipinski definition) is 4. The first-order valence-corrected chi connectivity index (χ1v) is 10.3. The number of carbonyl (C=O) groups is 3. The van der Waals surface area contributed by atoms with Gasteiger partial charge in [-0.15, -0.1) is 0 Å². The van der Waals surface area contributed by atoms with Gasteiger partial charge in [0, 0.05) is 5.56 Å². The molecule has 1 saturated heterocycles. The second kappa shape index (κ2) is 8.74. The molecule has 0 bridgehead atoms. The number of benzene rings is 3. The van der Waals surface area contributed by atoms with Crippen LogP contribution in [-0.2, 0) is 23.5 Å². The van der Waals surface area contributed by atoms with Crippen molar-refractivity contribution in [1.82, 2.24) is 10.2 Å². The van der Waals surface area contributed by atoms with Gasteiger partial charge in [0.25, 0.3) is 5.91 Å². The summed E-state index contributed by atoms with van der Waals surface area (Å²) in [7, 11) is 0. The number of nitrogens with two attached hydrogens (primary N) is 1. The molecule has 3 aromatic rings. The van der Waals surface area contributed by atoms with Gasteiger partial charge in [0.2, 0.25) is 5.91 Å². The summed E-state index contributed by atoms with van der Waals surface area (Å²) in [5, 5.41) is 2.72. The minimum Gasteiger partial charge on any atom is -0.489 e. The van der Waals surface area contributed by atoms with Gasteiger partial charge in [0.1, 0.15) is 23.7 Å². The summed E-state index contributed by atoms with van der Waals surface area (Å²) in [5.41, 5.74) is 6.34. The number of ether oxygens (including phenoxy) is 1. The van der Waals surface area contributed by atoms with E-state index in [4.69, 9.17) is 10.5 Å². The van der Waals surface area contributed by atoms with E-state index in [2.05, 4.69) is 5.32 Å². The van der Waals surface area contributed by atoms with Crippen molar-refractivity contribution < 1.29 is 23.5 Å². The predicted molar refractivity (Wildman–Crippen MR) is 119 cm³/mol. The Hall–Kier alpha value is -4.20. The molecule has 4 amide bonds. The first-order chi connectivity index (χ1) is 15.8. The molecule has 0 aromatic heterocycles. The Bertz CT molecular complexity index is 1210. The van der Waals surface area contributed by atoms with E-state index in [1.165, 1.54) is 18.2 Å². The monoisotopic (exact) mass is 447 g/mol. The lowest BCUT2D eigenvalue weighted by molar-refractivity contribution is -0.131. The molecule has 7 nitrogen and oxygen atoms in total. The average Bonchev–Trinajstić information content (AvgIpc) is 3.03. The van der Waals surface area contributed by atoms with Gasteiger partial charge >= 0.3 is 6.03 Å². The van der Waals surface area contributed by atoms with Crippen LogP contribution in [0.15, 0.2) is 72.8 Å². The van der Waals surface area contributed by atoms with E-state index in [1.54, 1.807) is 61.5 Å². The third-order valence-corrected chi connectivity index (χ3v) is 5.58. The van der Waals surface area contributed by atoms with Crippen molar-refractivity contribution in [2.75, 3.05) is 0 Å². The Balaban J connectivity index is 1.44. The summed E-state index contributed by atoms with van der Waals surface area (Å²) in [6.07, 6.45) is 0. The highest BCUT2D eigenvalue weighted by molar-refractivity contribution is 6.07. The number of primary amides is 1. The number of nitrogens with one attached hydrogen (secondary N) is 1. The van der Waals surface area contributed by atoms with Gasteiger partial charge in [-0.2, -0.15) is 0 Å². The molecule has 1 aliphatic heterocycles. The van der Waals surface area contributed by atoms with Crippen molar-refractivity contribution >= 4 is 17.8 Å². The molecule has 33 heavy (non-hydrogen) atoms. The van der Waals surface area contributed by atoms with E-state index in [9.17, 15) is 18.8 Å². The molecule has 8 heteroatoms. The smallest absolute Gasteiger partial charge is 0.325 e. The molecular weight excluding hydrogens is 425 g/mol. The second-order valence-electron chi connectivity index (χ2n) is 7.95. The molecule has 3 aromatic carbocycles. The summed E-state index contributed by atoms with van der Waals surface area (Å²) in [5.74, 6) is -0.741. The maximum atomic E-state index is 13.1. The standard InChI is InChI=1S/C25H22FN3O4/c1-25(19-4-2-3-18(13-19)22(27)30)23(31)29(24(32)28-25)14-16-7-11-21(12-8-16)33-15-17-5-9-20(26)10-6-17/h2-13H,14-15H2,1H3,(H2,27,30)(H,28,32). The first kappa shape index (κ1) is 22.0. The summed E-state index contributed by atoms with van der Waals surface area (Å²) < 4.78 is 18.7. The molecule has 168 valence electrons. The van der Waals surface area contributed by atoms with E-state index in [1.807, 2.05) is 0 Å².